The van der Waals surface area contributed by atoms with E-state index in [2.05, 4.69) is 46.5 Å². The number of benzene rings is 2. The van der Waals surface area contributed by atoms with Crippen LogP contribution in [0.1, 0.15) is 52.7 Å². The maximum atomic E-state index is 10.6. The number of hydrogen-bond donors (Lipinski definition) is 1. The second kappa shape index (κ2) is 5.77. The maximum Gasteiger partial charge on any atom is 0.227 e. The summed E-state index contributed by atoms with van der Waals surface area (Å²) in [4.78, 5) is 4.64. The minimum absolute atomic E-state index is 0.165. The minimum Gasteiger partial charge on any atom is -0.508 e. The Bertz CT molecular complexity index is 943. The molecule has 0 amide bonds. The molecule has 132 valence electrons. The van der Waals surface area contributed by atoms with Crippen LogP contribution in [0.25, 0.3) is 22.6 Å². The molecule has 0 fully saturated rings. The Kier molecular flexibility index (Phi) is 4.11. The van der Waals surface area contributed by atoms with E-state index in [9.17, 15) is 5.11 Å². The maximum absolute atomic E-state index is 10.6. The topological polar surface area (TPSA) is 46.3 Å². The van der Waals surface area contributed by atoms with E-state index in [1.807, 2.05) is 18.2 Å². The number of aromatic hydroxyl groups is 1. The summed E-state index contributed by atoms with van der Waals surface area (Å²) in [7, 11) is 0. The van der Waals surface area contributed by atoms with E-state index in [1.54, 1.807) is 12.1 Å². The zero-order valence-corrected chi connectivity index (χ0v) is 16.3. The number of nitrogens with zero attached hydrogens (tertiary/aromatic N) is 1. The lowest BCUT2D eigenvalue weighted by atomic mass is 9.78. The second-order valence-electron chi connectivity index (χ2n) is 8.55. The molecular weight excluding hydrogens is 334 g/mol. The first-order valence-electron chi connectivity index (χ1n) is 8.41. The van der Waals surface area contributed by atoms with Crippen molar-refractivity contribution < 1.29 is 9.52 Å². The lowest BCUT2D eigenvalue weighted by Crippen LogP contribution is -2.16. The van der Waals surface area contributed by atoms with Crippen LogP contribution in [0.3, 0.4) is 0 Å². The fraction of sp³-hybridized carbons (Fsp3) is 0.381. The van der Waals surface area contributed by atoms with Gasteiger partial charge >= 0.3 is 0 Å². The van der Waals surface area contributed by atoms with E-state index < -0.39 is 0 Å². The molecule has 0 aliphatic rings. The summed E-state index contributed by atoms with van der Waals surface area (Å²) in [6, 6.07) is 9.27. The Balaban J connectivity index is 2.31. The summed E-state index contributed by atoms with van der Waals surface area (Å²) in [5, 5.41) is 11.2. The molecular formula is C21H24ClNO2. The number of fused-ring (bicyclic) bond motifs is 1. The Hall–Kier alpha value is -2.00. The molecule has 3 aromatic rings. The van der Waals surface area contributed by atoms with Crippen molar-refractivity contribution >= 4 is 22.7 Å². The number of hydrogen-bond acceptors (Lipinski definition) is 3. The van der Waals surface area contributed by atoms with E-state index in [-0.39, 0.29) is 10.8 Å². The summed E-state index contributed by atoms with van der Waals surface area (Å²) in [6.45, 7) is 12.6. The van der Waals surface area contributed by atoms with Gasteiger partial charge in [-0.1, -0.05) is 53.1 Å². The lowest BCUT2D eigenvalue weighted by Gasteiger charge is -2.27. The van der Waals surface area contributed by atoms with Crippen LogP contribution in [0.4, 0.5) is 0 Å². The number of rotatable bonds is 1. The van der Waals surface area contributed by atoms with E-state index in [0.717, 1.165) is 22.2 Å². The standard InChI is InChI=1S/C21H24ClNO2/c1-20(2,3)14-11-17(24)15(21(4,5)6)10-13(14)19-23-16-9-12(22)7-8-18(16)25-19/h7-11,24H,1-6H3. The van der Waals surface area contributed by atoms with Gasteiger partial charge in [0, 0.05) is 16.1 Å². The first-order chi connectivity index (χ1) is 11.5. The van der Waals surface area contributed by atoms with Crippen LogP contribution in [0.15, 0.2) is 34.7 Å². The molecule has 0 saturated carbocycles. The number of halogens is 1. The van der Waals surface area contributed by atoms with E-state index in [1.165, 1.54) is 0 Å². The van der Waals surface area contributed by atoms with Crippen LogP contribution in [0.2, 0.25) is 5.02 Å². The van der Waals surface area contributed by atoms with Crippen molar-refractivity contribution in [1.82, 2.24) is 4.98 Å². The van der Waals surface area contributed by atoms with Crippen molar-refractivity contribution in [3.63, 3.8) is 0 Å². The highest BCUT2D eigenvalue weighted by Gasteiger charge is 2.27. The van der Waals surface area contributed by atoms with E-state index in [4.69, 9.17) is 16.0 Å². The highest BCUT2D eigenvalue weighted by Crippen LogP contribution is 2.41. The smallest absolute Gasteiger partial charge is 0.227 e. The second-order valence-corrected chi connectivity index (χ2v) is 8.98. The van der Waals surface area contributed by atoms with Crippen molar-refractivity contribution in [2.45, 2.75) is 52.4 Å². The summed E-state index contributed by atoms with van der Waals surface area (Å²) in [5.41, 5.74) is 3.85. The predicted octanol–water partition coefficient (Wildman–Crippen LogP) is 6.45. The molecule has 0 bridgehead atoms. The Morgan fingerprint density at radius 2 is 1.56 bits per heavy atom. The number of phenols is 1. The summed E-state index contributed by atoms with van der Waals surface area (Å²) < 4.78 is 6.00. The van der Waals surface area contributed by atoms with Gasteiger partial charge in [0.15, 0.2) is 5.58 Å². The van der Waals surface area contributed by atoms with Crippen molar-refractivity contribution in [1.29, 1.82) is 0 Å². The highest BCUT2D eigenvalue weighted by molar-refractivity contribution is 6.31. The number of oxazole rings is 1. The average molecular weight is 358 g/mol. The van der Waals surface area contributed by atoms with Crippen LogP contribution >= 0.6 is 11.6 Å². The molecule has 3 nitrogen and oxygen atoms in total. The molecule has 0 aliphatic heterocycles. The van der Waals surface area contributed by atoms with Crippen LogP contribution in [-0.2, 0) is 10.8 Å². The van der Waals surface area contributed by atoms with Gasteiger partial charge in [0.2, 0.25) is 5.89 Å². The molecule has 1 heterocycles. The van der Waals surface area contributed by atoms with Crippen molar-refractivity contribution in [2.75, 3.05) is 0 Å². The third kappa shape index (κ3) is 3.38. The van der Waals surface area contributed by atoms with Crippen LogP contribution < -0.4 is 0 Å². The van der Waals surface area contributed by atoms with Gasteiger partial charge < -0.3 is 9.52 Å². The van der Waals surface area contributed by atoms with Gasteiger partial charge in [0.25, 0.3) is 0 Å². The quantitative estimate of drug-likeness (QED) is 0.544. The fourth-order valence-corrected chi connectivity index (χ4v) is 3.17. The number of phenolic OH excluding ortho intramolecular Hbond substituents is 1. The summed E-state index contributed by atoms with van der Waals surface area (Å²) in [6.07, 6.45) is 0. The van der Waals surface area contributed by atoms with Gasteiger partial charge in [-0.25, -0.2) is 4.98 Å². The largest absolute Gasteiger partial charge is 0.508 e. The Labute approximate surface area is 153 Å². The van der Waals surface area contributed by atoms with Gasteiger partial charge in [-0.05, 0) is 46.7 Å². The predicted molar refractivity (Wildman–Crippen MR) is 104 cm³/mol. The van der Waals surface area contributed by atoms with Crippen LogP contribution in [0, 0.1) is 0 Å². The monoisotopic (exact) mass is 357 g/mol. The molecule has 0 unspecified atom stereocenters. The van der Waals surface area contributed by atoms with Crippen LogP contribution in [-0.4, -0.2) is 10.1 Å². The summed E-state index contributed by atoms with van der Waals surface area (Å²) >= 11 is 6.07. The molecule has 1 N–H and O–H groups in total. The zero-order valence-electron chi connectivity index (χ0n) is 15.6. The number of aromatic nitrogens is 1. The first-order valence-corrected chi connectivity index (χ1v) is 8.79. The average Bonchev–Trinajstić information content (AvgIpc) is 2.87. The van der Waals surface area contributed by atoms with Crippen LogP contribution in [0.5, 0.6) is 5.75 Å². The molecule has 0 radical (unpaired) electrons. The molecule has 0 aliphatic carbocycles. The molecule has 1 aromatic heterocycles. The van der Waals surface area contributed by atoms with Gasteiger partial charge in [-0.2, -0.15) is 0 Å². The van der Waals surface area contributed by atoms with E-state index in [0.29, 0.717) is 22.2 Å². The van der Waals surface area contributed by atoms with Crippen molar-refractivity contribution in [2.24, 2.45) is 0 Å². The molecule has 0 atom stereocenters. The fourth-order valence-electron chi connectivity index (χ4n) is 3.00. The first kappa shape index (κ1) is 17.8. The van der Waals surface area contributed by atoms with E-state index >= 15 is 0 Å². The summed E-state index contributed by atoms with van der Waals surface area (Å²) in [5.74, 6) is 0.855. The SMILES string of the molecule is CC(C)(C)c1cc(-c2nc3cc(Cl)ccc3o2)c(C(C)(C)C)cc1O. The Morgan fingerprint density at radius 1 is 0.920 bits per heavy atom. The van der Waals surface area contributed by atoms with Gasteiger partial charge in [0.05, 0.1) is 0 Å². The lowest BCUT2D eigenvalue weighted by molar-refractivity contribution is 0.443. The highest BCUT2D eigenvalue weighted by atomic mass is 35.5. The molecule has 0 saturated heterocycles. The Morgan fingerprint density at radius 3 is 2.16 bits per heavy atom. The third-order valence-corrected chi connectivity index (χ3v) is 4.57. The molecule has 25 heavy (non-hydrogen) atoms. The normalized spacial score (nSPS) is 12.8. The van der Waals surface area contributed by atoms with Gasteiger partial charge in [-0.15, -0.1) is 0 Å². The molecule has 2 aromatic carbocycles. The zero-order chi connectivity index (χ0) is 18.6. The molecule has 3 rings (SSSR count). The van der Waals surface area contributed by atoms with Gasteiger partial charge in [-0.3, -0.25) is 0 Å². The minimum atomic E-state index is -0.190. The molecule has 0 spiro atoms. The third-order valence-electron chi connectivity index (χ3n) is 4.33. The van der Waals surface area contributed by atoms with Gasteiger partial charge in [0.1, 0.15) is 11.3 Å². The molecule has 4 heteroatoms. The van der Waals surface area contributed by atoms with Crippen molar-refractivity contribution in [3.05, 3.63) is 46.5 Å². The van der Waals surface area contributed by atoms with Crippen molar-refractivity contribution in [3.8, 4) is 17.2 Å².